The third kappa shape index (κ3) is 3.42. The first-order valence-electron chi connectivity index (χ1n) is 6.55. The molecule has 0 radical (unpaired) electrons. The molecule has 1 heterocycles. The van der Waals surface area contributed by atoms with Gasteiger partial charge < -0.3 is 10.1 Å². The van der Waals surface area contributed by atoms with Crippen LogP contribution in [0.1, 0.15) is 25.3 Å². The maximum absolute atomic E-state index is 15.1. The number of nitrogens with one attached hydrogen (secondary N) is 1. The summed E-state index contributed by atoms with van der Waals surface area (Å²) in [5.41, 5.74) is -1.92. The van der Waals surface area contributed by atoms with Crippen molar-refractivity contribution in [1.29, 1.82) is 0 Å². The monoisotopic (exact) mass is 291 g/mol. The van der Waals surface area contributed by atoms with Gasteiger partial charge in [0.1, 0.15) is 11.4 Å². The molecule has 0 aliphatic carbocycles. The second kappa shape index (κ2) is 5.60. The van der Waals surface area contributed by atoms with Gasteiger partial charge in [-0.15, -0.1) is 13.2 Å². The lowest BCUT2D eigenvalue weighted by atomic mass is 9.80. The third-order valence-electron chi connectivity index (χ3n) is 3.70. The Hall–Kier alpha value is -1.30. The molecular weight excluding hydrogens is 274 g/mol. The van der Waals surface area contributed by atoms with Crippen molar-refractivity contribution in [3.8, 4) is 5.75 Å². The summed E-state index contributed by atoms with van der Waals surface area (Å²) in [5, 5.41) is 3.08. The molecule has 112 valence electrons. The van der Waals surface area contributed by atoms with Crippen molar-refractivity contribution in [2.75, 3.05) is 13.1 Å². The van der Waals surface area contributed by atoms with E-state index in [2.05, 4.69) is 10.1 Å². The molecule has 0 bridgehead atoms. The van der Waals surface area contributed by atoms with E-state index in [0.29, 0.717) is 13.0 Å². The summed E-state index contributed by atoms with van der Waals surface area (Å²) in [5.74, 6) is -0.829. The van der Waals surface area contributed by atoms with Crippen LogP contribution in [0, 0.1) is 5.92 Å². The quantitative estimate of drug-likeness (QED) is 0.856. The van der Waals surface area contributed by atoms with Gasteiger partial charge in [-0.1, -0.05) is 18.2 Å². The molecule has 0 saturated carbocycles. The van der Waals surface area contributed by atoms with Gasteiger partial charge in [-0.05, 0) is 32.4 Å². The number of rotatable bonds is 3. The van der Waals surface area contributed by atoms with Crippen LogP contribution >= 0.6 is 0 Å². The summed E-state index contributed by atoms with van der Waals surface area (Å²) >= 11 is 0. The summed E-state index contributed by atoms with van der Waals surface area (Å²) in [4.78, 5) is 0. The maximum atomic E-state index is 15.1. The van der Waals surface area contributed by atoms with E-state index in [4.69, 9.17) is 0 Å². The fourth-order valence-corrected chi connectivity index (χ4v) is 2.62. The molecule has 6 heteroatoms. The first-order valence-corrected chi connectivity index (χ1v) is 6.55. The molecule has 2 nitrogen and oxygen atoms in total. The number of piperidine rings is 1. The molecule has 1 aromatic carbocycles. The number of halogens is 4. The Morgan fingerprint density at radius 3 is 2.50 bits per heavy atom. The van der Waals surface area contributed by atoms with Crippen LogP contribution in [0.4, 0.5) is 17.6 Å². The van der Waals surface area contributed by atoms with Crippen molar-refractivity contribution in [2.24, 2.45) is 5.92 Å². The Balaban J connectivity index is 2.30. The Bertz CT molecular complexity index is 453. The molecule has 2 unspecified atom stereocenters. The molecule has 1 N–H and O–H groups in total. The zero-order valence-corrected chi connectivity index (χ0v) is 11.1. The lowest BCUT2D eigenvalue weighted by Crippen LogP contribution is -2.40. The minimum atomic E-state index is -4.82. The minimum Gasteiger partial charge on any atom is -0.405 e. The highest BCUT2D eigenvalue weighted by Gasteiger charge is 2.41. The van der Waals surface area contributed by atoms with E-state index in [9.17, 15) is 13.2 Å². The highest BCUT2D eigenvalue weighted by atomic mass is 19.4. The Morgan fingerprint density at radius 2 is 1.90 bits per heavy atom. The predicted octanol–water partition coefficient (Wildman–Crippen LogP) is 3.77. The average Bonchev–Trinajstić information content (AvgIpc) is 2.38. The van der Waals surface area contributed by atoms with Crippen LogP contribution in [0.15, 0.2) is 24.3 Å². The topological polar surface area (TPSA) is 21.3 Å². The number of ether oxygens (including phenoxy) is 1. The fraction of sp³-hybridized carbons (Fsp3) is 0.571. The van der Waals surface area contributed by atoms with Crippen LogP contribution in [0.3, 0.4) is 0 Å². The van der Waals surface area contributed by atoms with Crippen molar-refractivity contribution in [3.05, 3.63) is 29.8 Å². The van der Waals surface area contributed by atoms with E-state index in [1.165, 1.54) is 25.1 Å². The van der Waals surface area contributed by atoms with E-state index in [-0.39, 0.29) is 11.5 Å². The summed E-state index contributed by atoms with van der Waals surface area (Å²) < 4.78 is 56.2. The molecule has 0 spiro atoms. The Morgan fingerprint density at radius 1 is 1.20 bits per heavy atom. The molecular formula is C14H17F4NO. The molecule has 2 atom stereocenters. The largest absolute Gasteiger partial charge is 0.573 e. The molecule has 1 aliphatic rings. The van der Waals surface area contributed by atoms with Gasteiger partial charge in [0.2, 0.25) is 0 Å². The smallest absolute Gasteiger partial charge is 0.405 e. The molecule has 2 rings (SSSR count). The van der Waals surface area contributed by atoms with Gasteiger partial charge in [0.25, 0.3) is 0 Å². The number of alkyl halides is 4. The van der Waals surface area contributed by atoms with Gasteiger partial charge in [0.15, 0.2) is 0 Å². The van der Waals surface area contributed by atoms with Crippen LogP contribution in [0.5, 0.6) is 5.75 Å². The average molecular weight is 291 g/mol. The number of para-hydroxylation sites is 1. The molecule has 1 saturated heterocycles. The summed E-state index contributed by atoms with van der Waals surface area (Å²) in [7, 11) is 0. The van der Waals surface area contributed by atoms with Gasteiger partial charge in [-0.2, -0.15) is 0 Å². The molecule has 1 aliphatic heterocycles. The lowest BCUT2D eigenvalue weighted by molar-refractivity contribution is -0.275. The zero-order chi connectivity index (χ0) is 14.8. The normalized spacial score (nSPS) is 23.1. The van der Waals surface area contributed by atoms with Gasteiger partial charge in [0, 0.05) is 18.0 Å². The maximum Gasteiger partial charge on any atom is 0.573 e. The third-order valence-corrected chi connectivity index (χ3v) is 3.70. The zero-order valence-electron chi connectivity index (χ0n) is 11.1. The Labute approximate surface area is 115 Å². The minimum absolute atomic E-state index is 0.0500. The number of hydrogen-bond donors (Lipinski definition) is 1. The van der Waals surface area contributed by atoms with E-state index < -0.39 is 17.8 Å². The van der Waals surface area contributed by atoms with E-state index in [1.54, 1.807) is 0 Å². The summed E-state index contributed by atoms with van der Waals surface area (Å²) in [6.45, 7) is 2.59. The lowest BCUT2D eigenvalue weighted by Gasteiger charge is -2.35. The fourth-order valence-electron chi connectivity index (χ4n) is 2.62. The van der Waals surface area contributed by atoms with E-state index >= 15 is 4.39 Å². The van der Waals surface area contributed by atoms with Gasteiger partial charge in [0.05, 0.1) is 0 Å². The van der Waals surface area contributed by atoms with Crippen LogP contribution in [0.25, 0.3) is 0 Å². The summed E-state index contributed by atoms with van der Waals surface area (Å²) in [6, 6.07) is 5.43. The first kappa shape index (κ1) is 15.1. The standard InChI is InChI=1S/C14H17F4NO/c1-13(15,10-5-4-8-19-9-10)11-6-2-3-7-12(11)20-14(16,17)18/h2-3,6-7,10,19H,4-5,8-9H2,1H3. The van der Waals surface area contributed by atoms with Gasteiger partial charge >= 0.3 is 6.36 Å². The SMILES string of the molecule is CC(F)(c1ccccc1OC(F)(F)F)C1CCCNC1. The molecule has 20 heavy (non-hydrogen) atoms. The van der Waals surface area contributed by atoms with Gasteiger partial charge in [-0.3, -0.25) is 0 Å². The second-order valence-electron chi connectivity index (χ2n) is 5.16. The van der Waals surface area contributed by atoms with Crippen LogP contribution in [0.2, 0.25) is 0 Å². The molecule has 1 aromatic rings. The van der Waals surface area contributed by atoms with E-state index in [1.807, 2.05) is 0 Å². The van der Waals surface area contributed by atoms with Crippen molar-refractivity contribution in [3.63, 3.8) is 0 Å². The predicted molar refractivity (Wildman–Crippen MR) is 67.2 cm³/mol. The first-order chi connectivity index (χ1) is 9.31. The van der Waals surface area contributed by atoms with Crippen LogP contribution in [-0.2, 0) is 5.67 Å². The molecule has 0 amide bonds. The highest BCUT2D eigenvalue weighted by Crippen LogP contribution is 2.42. The molecule has 1 fully saturated rings. The van der Waals surface area contributed by atoms with Crippen molar-refractivity contribution in [2.45, 2.75) is 31.8 Å². The Kier molecular flexibility index (Phi) is 4.22. The highest BCUT2D eigenvalue weighted by molar-refractivity contribution is 5.38. The number of benzene rings is 1. The van der Waals surface area contributed by atoms with Crippen LogP contribution in [-0.4, -0.2) is 19.5 Å². The summed E-state index contributed by atoms with van der Waals surface area (Å²) in [6.07, 6.45) is -3.37. The van der Waals surface area contributed by atoms with Gasteiger partial charge in [-0.25, -0.2) is 4.39 Å². The van der Waals surface area contributed by atoms with Crippen molar-refractivity contribution in [1.82, 2.24) is 5.32 Å². The van der Waals surface area contributed by atoms with Crippen molar-refractivity contribution < 1.29 is 22.3 Å². The van der Waals surface area contributed by atoms with Crippen molar-refractivity contribution >= 4 is 0 Å². The molecule has 0 aromatic heterocycles. The van der Waals surface area contributed by atoms with Crippen LogP contribution < -0.4 is 10.1 Å². The number of hydrogen-bond acceptors (Lipinski definition) is 2. The van der Waals surface area contributed by atoms with E-state index in [0.717, 1.165) is 19.0 Å². The second-order valence-corrected chi connectivity index (χ2v) is 5.16.